The summed E-state index contributed by atoms with van der Waals surface area (Å²) in [5.41, 5.74) is 1.47. The Labute approximate surface area is 90.1 Å². The van der Waals surface area contributed by atoms with Gasteiger partial charge in [-0.25, -0.2) is 4.98 Å². The zero-order valence-electron chi connectivity index (χ0n) is 8.90. The lowest BCUT2D eigenvalue weighted by Crippen LogP contribution is -2.15. The van der Waals surface area contributed by atoms with Gasteiger partial charge in [0.15, 0.2) is 0 Å². The van der Waals surface area contributed by atoms with Crippen molar-refractivity contribution in [2.45, 2.75) is 32.2 Å². The molecule has 1 aromatic rings. The topological polar surface area (TPSA) is 48.7 Å². The summed E-state index contributed by atoms with van der Waals surface area (Å²) >= 11 is 0. The smallest absolute Gasteiger partial charge is 0.142 e. The van der Waals surface area contributed by atoms with Gasteiger partial charge in [-0.3, -0.25) is 0 Å². The third kappa shape index (κ3) is 2.95. The highest BCUT2D eigenvalue weighted by molar-refractivity contribution is 5.46. The second-order valence-corrected chi connectivity index (χ2v) is 4.27. The Morgan fingerprint density at radius 3 is 3.13 bits per heavy atom. The van der Waals surface area contributed by atoms with Crippen molar-refractivity contribution >= 4 is 5.69 Å². The van der Waals surface area contributed by atoms with Crippen LogP contribution in [0.4, 0.5) is 5.69 Å². The van der Waals surface area contributed by atoms with Crippen molar-refractivity contribution in [1.82, 2.24) is 4.98 Å². The predicted molar refractivity (Wildman–Crippen MR) is 59.4 cm³/mol. The maximum Gasteiger partial charge on any atom is 0.142 e. The van der Waals surface area contributed by atoms with E-state index in [4.69, 9.17) is 5.26 Å². The van der Waals surface area contributed by atoms with Crippen LogP contribution in [0.3, 0.4) is 0 Å². The van der Waals surface area contributed by atoms with Gasteiger partial charge >= 0.3 is 0 Å². The monoisotopic (exact) mass is 201 g/mol. The molecule has 1 unspecified atom stereocenters. The molecule has 3 nitrogen and oxygen atoms in total. The van der Waals surface area contributed by atoms with Gasteiger partial charge in [-0.1, -0.05) is 12.8 Å². The zero-order chi connectivity index (χ0) is 10.7. The summed E-state index contributed by atoms with van der Waals surface area (Å²) in [6, 6.07) is 6.22. The summed E-state index contributed by atoms with van der Waals surface area (Å²) in [6.07, 6.45) is 5.66. The molecule has 0 radical (unpaired) electrons. The number of nitrogens with zero attached hydrogens (tertiary/aromatic N) is 2. The number of hydrogen-bond donors (Lipinski definition) is 1. The van der Waals surface area contributed by atoms with Crippen LogP contribution >= 0.6 is 0 Å². The molecule has 0 aromatic carbocycles. The Morgan fingerprint density at radius 1 is 1.67 bits per heavy atom. The Kier molecular flexibility index (Phi) is 2.86. The van der Waals surface area contributed by atoms with E-state index in [1.54, 1.807) is 12.3 Å². The highest BCUT2D eigenvalue weighted by Gasteiger charge is 2.23. The average molecular weight is 201 g/mol. The summed E-state index contributed by atoms with van der Waals surface area (Å²) < 4.78 is 0. The van der Waals surface area contributed by atoms with Crippen LogP contribution in [0.5, 0.6) is 0 Å². The number of hydrogen-bond acceptors (Lipinski definition) is 3. The van der Waals surface area contributed by atoms with E-state index < -0.39 is 0 Å². The van der Waals surface area contributed by atoms with Crippen LogP contribution in [0.2, 0.25) is 0 Å². The lowest BCUT2D eigenvalue weighted by atomic mass is 10.1. The summed E-state index contributed by atoms with van der Waals surface area (Å²) in [4.78, 5) is 3.94. The van der Waals surface area contributed by atoms with Crippen molar-refractivity contribution < 1.29 is 0 Å². The molecule has 1 aliphatic rings. The minimum absolute atomic E-state index is 0.471. The highest BCUT2D eigenvalue weighted by atomic mass is 14.9. The maximum atomic E-state index is 8.71. The molecule has 1 saturated carbocycles. The Bertz CT molecular complexity index is 377. The van der Waals surface area contributed by atoms with E-state index in [2.05, 4.69) is 17.2 Å². The molecule has 1 N–H and O–H groups in total. The third-order valence-electron chi connectivity index (χ3n) is 2.67. The van der Waals surface area contributed by atoms with E-state index in [-0.39, 0.29) is 0 Å². The molecule has 1 fully saturated rings. The van der Waals surface area contributed by atoms with Gasteiger partial charge in [0, 0.05) is 17.9 Å². The van der Waals surface area contributed by atoms with Crippen LogP contribution in [0.25, 0.3) is 0 Å². The van der Waals surface area contributed by atoms with E-state index in [0.29, 0.717) is 11.7 Å². The maximum absolute atomic E-state index is 8.71. The van der Waals surface area contributed by atoms with Gasteiger partial charge in [-0.2, -0.15) is 5.26 Å². The van der Waals surface area contributed by atoms with E-state index in [1.807, 2.05) is 12.1 Å². The molecular formula is C12H15N3. The first-order chi connectivity index (χ1) is 7.28. The van der Waals surface area contributed by atoms with Crippen LogP contribution < -0.4 is 5.32 Å². The first-order valence-electron chi connectivity index (χ1n) is 5.40. The summed E-state index contributed by atoms with van der Waals surface area (Å²) in [6.45, 7) is 2.19. The molecule has 0 saturated heterocycles. The van der Waals surface area contributed by atoms with Crippen molar-refractivity contribution in [3.05, 3.63) is 24.0 Å². The molecule has 0 spiro atoms. The number of pyridine rings is 1. The summed E-state index contributed by atoms with van der Waals surface area (Å²) in [5, 5.41) is 12.1. The van der Waals surface area contributed by atoms with Gasteiger partial charge in [-0.05, 0) is 31.4 Å². The number of aromatic nitrogens is 1. The van der Waals surface area contributed by atoms with E-state index in [0.717, 1.165) is 11.6 Å². The quantitative estimate of drug-likeness (QED) is 0.814. The number of nitriles is 1. The molecular weight excluding hydrogens is 186 g/mol. The van der Waals surface area contributed by atoms with Crippen molar-refractivity contribution in [2.24, 2.45) is 5.92 Å². The van der Waals surface area contributed by atoms with Gasteiger partial charge in [0.25, 0.3) is 0 Å². The van der Waals surface area contributed by atoms with E-state index in [9.17, 15) is 0 Å². The van der Waals surface area contributed by atoms with Gasteiger partial charge < -0.3 is 5.32 Å². The Morgan fingerprint density at radius 2 is 2.47 bits per heavy atom. The second-order valence-electron chi connectivity index (χ2n) is 4.27. The zero-order valence-corrected chi connectivity index (χ0v) is 8.90. The van der Waals surface area contributed by atoms with Gasteiger partial charge in [0.1, 0.15) is 11.8 Å². The van der Waals surface area contributed by atoms with Crippen molar-refractivity contribution in [3.8, 4) is 6.07 Å². The number of rotatable bonds is 4. The van der Waals surface area contributed by atoms with Crippen molar-refractivity contribution in [2.75, 3.05) is 5.32 Å². The van der Waals surface area contributed by atoms with Crippen molar-refractivity contribution in [3.63, 3.8) is 0 Å². The summed E-state index contributed by atoms with van der Waals surface area (Å²) in [7, 11) is 0. The fourth-order valence-electron chi connectivity index (χ4n) is 1.78. The normalized spacial score (nSPS) is 16.8. The van der Waals surface area contributed by atoms with Crippen molar-refractivity contribution in [1.29, 1.82) is 5.26 Å². The van der Waals surface area contributed by atoms with Gasteiger partial charge in [-0.15, -0.1) is 0 Å². The molecule has 15 heavy (non-hydrogen) atoms. The SMILES string of the molecule is CC(CC1CC1)Nc1ccnc(C#N)c1. The molecule has 0 amide bonds. The third-order valence-corrected chi connectivity index (χ3v) is 2.67. The molecule has 0 bridgehead atoms. The molecule has 1 aromatic heterocycles. The fourth-order valence-corrected chi connectivity index (χ4v) is 1.78. The van der Waals surface area contributed by atoms with Crippen LogP contribution in [0, 0.1) is 17.2 Å². The van der Waals surface area contributed by atoms with Crippen LogP contribution in [-0.4, -0.2) is 11.0 Å². The molecule has 1 aliphatic carbocycles. The summed E-state index contributed by atoms with van der Waals surface area (Å²) in [5.74, 6) is 0.921. The van der Waals surface area contributed by atoms with Gasteiger partial charge in [0.2, 0.25) is 0 Å². The second kappa shape index (κ2) is 4.31. The minimum Gasteiger partial charge on any atom is -0.382 e. The fraction of sp³-hybridized carbons (Fsp3) is 0.500. The number of nitrogens with one attached hydrogen (secondary N) is 1. The first kappa shape index (κ1) is 9.97. The van der Waals surface area contributed by atoms with Gasteiger partial charge in [0.05, 0.1) is 0 Å². The average Bonchev–Trinajstić information content (AvgIpc) is 3.02. The lowest BCUT2D eigenvalue weighted by Gasteiger charge is -2.14. The highest BCUT2D eigenvalue weighted by Crippen LogP contribution is 2.34. The molecule has 78 valence electrons. The standard InChI is InChI=1S/C12H15N3/c1-9(6-10-2-3-10)15-11-4-5-14-12(7-11)8-13/h4-5,7,9-10H,2-3,6H2,1H3,(H,14,15). The molecule has 1 heterocycles. The Hall–Kier alpha value is -1.56. The Balaban J connectivity index is 1.93. The minimum atomic E-state index is 0.471. The lowest BCUT2D eigenvalue weighted by molar-refractivity contribution is 0.642. The van der Waals surface area contributed by atoms with Crippen LogP contribution in [0.15, 0.2) is 18.3 Å². The predicted octanol–water partition coefficient (Wildman–Crippen LogP) is 2.55. The van der Waals surface area contributed by atoms with E-state index in [1.165, 1.54) is 19.3 Å². The molecule has 3 heteroatoms. The van der Waals surface area contributed by atoms with Crippen LogP contribution in [0.1, 0.15) is 31.9 Å². The van der Waals surface area contributed by atoms with Crippen LogP contribution in [-0.2, 0) is 0 Å². The molecule has 1 atom stereocenters. The molecule has 0 aliphatic heterocycles. The first-order valence-corrected chi connectivity index (χ1v) is 5.40. The largest absolute Gasteiger partial charge is 0.382 e. The molecule has 2 rings (SSSR count). The number of anilines is 1. The van der Waals surface area contributed by atoms with E-state index >= 15 is 0 Å².